The number of halogens is 2. The van der Waals surface area contributed by atoms with Crippen molar-refractivity contribution in [2.24, 2.45) is 0 Å². The Bertz CT molecular complexity index is 736. The molecule has 3 rings (SSSR count). The van der Waals surface area contributed by atoms with E-state index in [0.717, 1.165) is 19.4 Å². The van der Waals surface area contributed by atoms with E-state index in [1.165, 1.54) is 6.20 Å². The van der Waals surface area contributed by atoms with E-state index in [4.69, 9.17) is 21.1 Å². The Morgan fingerprint density at radius 3 is 3.08 bits per heavy atom. The molecule has 1 aromatic carbocycles. The van der Waals surface area contributed by atoms with Gasteiger partial charge in [0.15, 0.2) is 0 Å². The maximum atomic E-state index is 12.3. The van der Waals surface area contributed by atoms with E-state index in [2.05, 4.69) is 26.2 Å². The van der Waals surface area contributed by atoms with Crippen molar-refractivity contribution in [1.29, 1.82) is 0 Å². The smallest absolute Gasteiger partial charge is 0.256 e. The number of amides is 1. The van der Waals surface area contributed by atoms with Crippen molar-refractivity contribution >= 4 is 39.3 Å². The predicted octanol–water partition coefficient (Wildman–Crippen LogP) is 4.31. The molecule has 1 aliphatic rings. The Hall–Kier alpha value is -1.63. The van der Waals surface area contributed by atoms with Gasteiger partial charge in [-0.2, -0.15) is 0 Å². The molecule has 1 fully saturated rings. The number of benzene rings is 1. The number of hydrogen-bond donors (Lipinski definition) is 1. The number of hydrogen-bond acceptors (Lipinski definition) is 4. The third kappa shape index (κ3) is 4.47. The van der Waals surface area contributed by atoms with Crippen molar-refractivity contribution in [3.63, 3.8) is 0 Å². The minimum Gasteiger partial charge on any atom is -0.491 e. The Morgan fingerprint density at radius 2 is 2.33 bits per heavy atom. The van der Waals surface area contributed by atoms with Crippen LogP contribution in [-0.2, 0) is 4.74 Å². The number of rotatable bonds is 5. The van der Waals surface area contributed by atoms with Crippen LogP contribution < -0.4 is 10.1 Å². The van der Waals surface area contributed by atoms with Crippen molar-refractivity contribution < 1.29 is 14.3 Å². The normalized spacial score (nSPS) is 16.8. The van der Waals surface area contributed by atoms with Gasteiger partial charge in [0.05, 0.1) is 11.1 Å². The molecule has 1 N–H and O–H groups in total. The topological polar surface area (TPSA) is 60.5 Å². The molecule has 1 amide bonds. The van der Waals surface area contributed by atoms with Crippen molar-refractivity contribution in [3.05, 3.63) is 51.6 Å². The summed E-state index contributed by atoms with van der Waals surface area (Å²) in [6.45, 7) is 1.29. The second-order valence-corrected chi connectivity index (χ2v) is 6.67. The van der Waals surface area contributed by atoms with E-state index in [1.807, 2.05) is 6.07 Å². The van der Waals surface area contributed by atoms with Gasteiger partial charge in [-0.1, -0.05) is 17.7 Å². The molecule has 0 spiro atoms. The van der Waals surface area contributed by atoms with Crippen molar-refractivity contribution in [2.45, 2.75) is 18.9 Å². The summed E-state index contributed by atoms with van der Waals surface area (Å²) in [4.78, 5) is 16.4. The molecule has 2 aromatic rings. The van der Waals surface area contributed by atoms with Gasteiger partial charge < -0.3 is 14.8 Å². The summed E-state index contributed by atoms with van der Waals surface area (Å²) < 4.78 is 11.9. The fraction of sp³-hybridized carbons (Fsp3) is 0.294. The first-order chi connectivity index (χ1) is 11.6. The molecule has 7 heteroatoms. The second-order valence-electron chi connectivity index (χ2n) is 5.41. The van der Waals surface area contributed by atoms with Crippen LogP contribution in [0.5, 0.6) is 5.75 Å². The molecule has 1 unspecified atom stereocenters. The molecule has 1 atom stereocenters. The third-order valence-electron chi connectivity index (χ3n) is 3.61. The molecule has 1 aliphatic heterocycles. The van der Waals surface area contributed by atoms with Crippen molar-refractivity contribution in [2.75, 3.05) is 18.5 Å². The highest BCUT2D eigenvalue weighted by Gasteiger charge is 2.16. The van der Waals surface area contributed by atoms with Gasteiger partial charge in [0, 0.05) is 22.8 Å². The average Bonchev–Trinajstić information content (AvgIpc) is 3.10. The van der Waals surface area contributed by atoms with Crippen LogP contribution >= 0.6 is 27.5 Å². The molecule has 0 bridgehead atoms. The molecule has 1 saturated heterocycles. The van der Waals surface area contributed by atoms with Crippen LogP contribution in [0.4, 0.5) is 5.82 Å². The summed E-state index contributed by atoms with van der Waals surface area (Å²) in [6, 6.07) is 8.68. The third-order valence-corrected chi connectivity index (χ3v) is 4.79. The maximum absolute atomic E-state index is 12.3. The van der Waals surface area contributed by atoms with Crippen molar-refractivity contribution in [3.8, 4) is 5.75 Å². The van der Waals surface area contributed by atoms with Crippen LogP contribution in [0.15, 0.2) is 41.0 Å². The summed E-state index contributed by atoms with van der Waals surface area (Å²) in [7, 11) is 0. The number of pyridine rings is 1. The van der Waals surface area contributed by atoms with Gasteiger partial charge in [0.25, 0.3) is 5.91 Å². The van der Waals surface area contributed by atoms with E-state index < -0.39 is 0 Å². The maximum Gasteiger partial charge on any atom is 0.256 e. The Labute approximate surface area is 153 Å². The van der Waals surface area contributed by atoms with Gasteiger partial charge in [0.1, 0.15) is 18.2 Å². The van der Waals surface area contributed by atoms with Crippen molar-refractivity contribution in [1.82, 2.24) is 4.98 Å². The van der Waals surface area contributed by atoms with Gasteiger partial charge in [0.2, 0.25) is 0 Å². The number of ether oxygens (including phenoxy) is 2. The fourth-order valence-electron chi connectivity index (χ4n) is 2.36. The first-order valence-corrected chi connectivity index (χ1v) is 8.76. The lowest BCUT2D eigenvalue weighted by Crippen LogP contribution is -2.17. The summed E-state index contributed by atoms with van der Waals surface area (Å²) in [5.74, 6) is 0.796. The van der Waals surface area contributed by atoms with Crippen LogP contribution in [0.1, 0.15) is 23.2 Å². The molecule has 0 aliphatic carbocycles. The fourth-order valence-corrected chi connectivity index (χ4v) is 2.79. The lowest BCUT2D eigenvalue weighted by molar-refractivity contribution is 0.0679. The van der Waals surface area contributed by atoms with Gasteiger partial charge in [-0.25, -0.2) is 4.98 Å². The monoisotopic (exact) mass is 410 g/mol. The summed E-state index contributed by atoms with van der Waals surface area (Å²) in [5, 5.41) is 3.22. The molecule has 0 radical (unpaired) electrons. The lowest BCUT2D eigenvalue weighted by Gasteiger charge is -2.12. The zero-order chi connectivity index (χ0) is 16.9. The lowest BCUT2D eigenvalue weighted by atomic mass is 10.2. The van der Waals surface area contributed by atoms with E-state index in [9.17, 15) is 4.79 Å². The van der Waals surface area contributed by atoms with E-state index in [1.54, 1.807) is 24.3 Å². The van der Waals surface area contributed by atoms with Gasteiger partial charge in [-0.05, 0) is 53.0 Å². The predicted molar refractivity (Wildman–Crippen MR) is 95.8 cm³/mol. The van der Waals surface area contributed by atoms with Gasteiger partial charge >= 0.3 is 0 Å². The SMILES string of the molecule is O=C(Nc1cc(Br)c(Cl)cn1)c1cccc(OCC2CCCO2)c1. The molecule has 2 heterocycles. The average molecular weight is 412 g/mol. The van der Waals surface area contributed by atoms with Crippen LogP contribution in [0.3, 0.4) is 0 Å². The number of nitrogens with one attached hydrogen (secondary N) is 1. The Kier molecular flexibility index (Phi) is 5.71. The zero-order valence-corrected chi connectivity index (χ0v) is 15.1. The van der Waals surface area contributed by atoms with Crippen LogP contribution in [-0.4, -0.2) is 30.2 Å². The summed E-state index contributed by atoms with van der Waals surface area (Å²) in [6.07, 6.45) is 3.69. The molecular formula is C17H16BrClN2O3. The minimum atomic E-state index is -0.265. The molecule has 5 nitrogen and oxygen atoms in total. The number of anilines is 1. The van der Waals surface area contributed by atoms with Crippen LogP contribution in [0, 0.1) is 0 Å². The van der Waals surface area contributed by atoms with E-state index in [-0.39, 0.29) is 12.0 Å². The molecule has 1 aromatic heterocycles. The summed E-state index contributed by atoms with van der Waals surface area (Å²) >= 11 is 9.20. The highest BCUT2D eigenvalue weighted by atomic mass is 79.9. The Morgan fingerprint density at radius 1 is 1.46 bits per heavy atom. The number of carbonyl (C=O) groups is 1. The van der Waals surface area contributed by atoms with Gasteiger partial charge in [-0.3, -0.25) is 4.79 Å². The second kappa shape index (κ2) is 7.96. The first-order valence-electron chi connectivity index (χ1n) is 7.58. The number of carbonyl (C=O) groups excluding carboxylic acids is 1. The highest BCUT2D eigenvalue weighted by molar-refractivity contribution is 9.10. The quantitative estimate of drug-likeness (QED) is 0.796. The minimum absolute atomic E-state index is 0.137. The number of aromatic nitrogens is 1. The molecule has 0 saturated carbocycles. The first kappa shape index (κ1) is 17.2. The standard InChI is InChI=1S/C17H16BrClN2O3/c18-14-8-16(20-9-15(14)19)21-17(22)11-3-1-4-12(7-11)24-10-13-5-2-6-23-13/h1,3-4,7-9,13H,2,5-6,10H2,(H,20,21,22). The van der Waals surface area contributed by atoms with E-state index >= 15 is 0 Å². The Balaban J connectivity index is 1.63. The largest absolute Gasteiger partial charge is 0.491 e. The van der Waals surface area contributed by atoms with E-state index in [0.29, 0.717) is 33.2 Å². The van der Waals surface area contributed by atoms with Gasteiger partial charge in [-0.15, -0.1) is 0 Å². The zero-order valence-electron chi connectivity index (χ0n) is 12.8. The molecule has 24 heavy (non-hydrogen) atoms. The van der Waals surface area contributed by atoms with Crippen LogP contribution in [0.25, 0.3) is 0 Å². The van der Waals surface area contributed by atoms with Crippen LogP contribution in [0.2, 0.25) is 5.02 Å². The molecular weight excluding hydrogens is 396 g/mol. The number of nitrogens with zero attached hydrogens (tertiary/aromatic N) is 1. The molecule has 126 valence electrons. The summed E-state index contributed by atoms with van der Waals surface area (Å²) in [5.41, 5.74) is 0.493. The highest BCUT2D eigenvalue weighted by Crippen LogP contribution is 2.24.